The molecule has 18 heavy (non-hydrogen) atoms. The van der Waals surface area contributed by atoms with Crippen LogP contribution in [-0.2, 0) is 0 Å². The lowest BCUT2D eigenvalue weighted by molar-refractivity contribution is 1.25. The van der Waals surface area contributed by atoms with Gasteiger partial charge in [-0.15, -0.1) is 11.8 Å². The lowest BCUT2D eigenvalue weighted by atomic mass is 10.2. The summed E-state index contributed by atoms with van der Waals surface area (Å²) in [4.78, 5) is 3.15. The molecule has 0 aliphatic carbocycles. The molecule has 90 valence electrons. The van der Waals surface area contributed by atoms with Crippen LogP contribution in [0.5, 0.6) is 0 Å². The van der Waals surface area contributed by atoms with Crippen molar-refractivity contribution in [3.8, 4) is 6.07 Å². The van der Waals surface area contributed by atoms with Crippen molar-refractivity contribution in [3.63, 3.8) is 0 Å². The van der Waals surface area contributed by atoms with Crippen molar-refractivity contribution in [2.75, 3.05) is 6.26 Å². The maximum atomic E-state index is 9.28. The predicted octanol–water partition coefficient (Wildman–Crippen LogP) is 5.19. The Kier molecular flexibility index (Phi) is 4.76. The number of nitriles is 1. The van der Waals surface area contributed by atoms with Gasteiger partial charge in [-0.05, 0) is 36.6 Å². The van der Waals surface area contributed by atoms with Crippen LogP contribution in [0.2, 0.25) is 0 Å². The molecule has 2 aromatic rings. The number of halogens is 1. The maximum absolute atomic E-state index is 9.28. The van der Waals surface area contributed by atoms with Gasteiger partial charge in [0.15, 0.2) is 0 Å². The SMILES string of the molecule is CSc1cccc(Sc2cccc(Br)c2)c1C#N. The second kappa shape index (κ2) is 6.33. The third-order valence-corrected chi connectivity index (χ3v) is 4.67. The second-order valence-corrected chi connectivity index (χ2v) is 6.38. The molecule has 0 unspecified atom stereocenters. The first-order chi connectivity index (χ1) is 8.74. The van der Waals surface area contributed by atoms with E-state index in [0.717, 1.165) is 24.7 Å². The van der Waals surface area contributed by atoms with Gasteiger partial charge in [0.25, 0.3) is 0 Å². The van der Waals surface area contributed by atoms with Crippen molar-refractivity contribution < 1.29 is 0 Å². The Morgan fingerprint density at radius 1 is 1.11 bits per heavy atom. The number of benzene rings is 2. The Hall–Kier alpha value is -0.890. The molecule has 0 saturated carbocycles. The van der Waals surface area contributed by atoms with E-state index >= 15 is 0 Å². The summed E-state index contributed by atoms with van der Waals surface area (Å²) < 4.78 is 1.05. The third-order valence-electron chi connectivity index (χ3n) is 2.34. The van der Waals surface area contributed by atoms with E-state index in [2.05, 4.69) is 28.1 Å². The normalized spacial score (nSPS) is 10.1. The zero-order valence-corrected chi connectivity index (χ0v) is 12.9. The minimum Gasteiger partial charge on any atom is -0.192 e. The fourth-order valence-electron chi connectivity index (χ4n) is 1.53. The number of thioether (sulfide) groups is 1. The Balaban J connectivity index is 2.38. The molecule has 0 N–H and O–H groups in total. The van der Waals surface area contributed by atoms with Gasteiger partial charge in [0.05, 0.1) is 5.56 Å². The van der Waals surface area contributed by atoms with Crippen LogP contribution in [0.3, 0.4) is 0 Å². The highest BCUT2D eigenvalue weighted by molar-refractivity contribution is 9.10. The smallest absolute Gasteiger partial charge is 0.101 e. The lowest BCUT2D eigenvalue weighted by Gasteiger charge is -2.07. The van der Waals surface area contributed by atoms with Crippen molar-refractivity contribution in [2.24, 2.45) is 0 Å². The minimum atomic E-state index is 0.759. The molecule has 0 bridgehead atoms. The van der Waals surface area contributed by atoms with Crippen LogP contribution in [0, 0.1) is 11.3 Å². The molecule has 0 heterocycles. The van der Waals surface area contributed by atoms with E-state index < -0.39 is 0 Å². The Morgan fingerprint density at radius 3 is 2.50 bits per heavy atom. The largest absolute Gasteiger partial charge is 0.192 e. The first kappa shape index (κ1) is 13.5. The van der Waals surface area contributed by atoms with Crippen LogP contribution in [0.15, 0.2) is 61.6 Å². The Bertz CT molecular complexity index is 605. The van der Waals surface area contributed by atoms with Crippen molar-refractivity contribution in [1.29, 1.82) is 5.26 Å². The van der Waals surface area contributed by atoms with Crippen molar-refractivity contribution in [2.45, 2.75) is 14.7 Å². The molecule has 0 atom stereocenters. The molecule has 0 aromatic heterocycles. The third kappa shape index (κ3) is 3.11. The number of hydrogen-bond donors (Lipinski definition) is 0. The Labute approximate surface area is 124 Å². The standard InChI is InChI=1S/C14H10BrNS2/c1-17-13-6-3-7-14(12(13)9-16)18-11-5-2-4-10(15)8-11/h2-8H,1H3. The first-order valence-corrected chi connectivity index (χ1v) is 8.08. The fraction of sp³-hybridized carbons (Fsp3) is 0.0714. The minimum absolute atomic E-state index is 0.759. The van der Waals surface area contributed by atoms with Gasteiger partial charge in [0.2, 0.25) is 0 Å². The van der Waals surface area contributed by atoms with Gasteiger partial charge in [-0.3, -0.25) is 0 Å². The molecular formula is C14H10BrNS2. The van der Waals surface area contributed by atoms with Crippen LogP contribution >= 0.6 is 39.5 Å². The van der Waals surface area contributed by atoms with Crippen LogP contribution in [0.1, 0.15) is 5.56 Å². The summed E-state index contributed by atoms with van der Waals surface area (Å²) in [6.07, 6.45) is 1.99. The summed E-state index contributed by atoms with van der Waals surface area (Å²) in [5.74, 6) is 0. The zero-order valence-electron chi connectivity index (χ0n) is 9.68. The van der Waals surface area contributed by atoms with Crippen molar-refractivity contribution in [3.05, 3.63) is 52.5 Å². The van der Waals surface area contributed by atoms with E-state index in [0.29, 0.717) is 0 Å². The molecule has 0 aliphatic heterocycles. The average molecular weight is 336 g/mol. The summed E-state index contributed by atoms with van der Waals surface area (Å²) in [6.45, 7) is 0. The summed E-state index contributed by atoms with van der Waals surface area (Å²) in [7, 11) is 0. The fourth-order valence-corrected chi connectivity index (χ4v) is 3.71. The van der Waals surface area contributed by atoms with Gasteiger partial charge in [0.1, 0.15) is 6.07 Å². The van der Waals surface area contributed by atoms with E-state index in [1.807, 2.05) is 42.7 Å². The van der Waals surface area contributed by atoms with Gasteiger partial charge < -0.3 is 0 Å². The van der Waals surface area contributed by atoms with Gasteiger partial charge in [-0.2, -0.15) is 5.26 Å². The molecule has 2 aromatic carbocycles. The van der Waals surface area contributed by atoms with Crippen LogP contribution in [0.4, 0.5) is 0 Å². The van der Waals surface area contributed by atoms with Crippen molar-refractivity contribution in [1.82, 2.24) is 0 Å². The van der Waals surface area contributed by atoms with E-state index in [9.17, 15) is 5.26 Å². The predicted molar refractivity (Wildman–Crippen MR) is 81.2 cm³/mol. The van der Waals surface area contributed by atoms with Gasteiger partial charge in [0, 0.05) is 19.2 Å². The molecule has 1 nitrogen and oxygen atoms in total. The highest BCUT2D eigenvalue weighted by Gasteiger charge is 2.08. The second-order valence-electron chi connectivity index (χ2n) is 3.50. The summed E-state index contributed by atoms with van der Waals surface area (Å²) in [5, 5.41) is 9.28. The number of hydrogen-bond acceptors (Lipinski definition) is 3. The molecule has 2 rings (SSSR count). The summed E-state index contributed by atoms with van der Waals surface area (Å²) in [5.41, 5.74) is 0.759. The molecule has 0 amide bonds. The highest BCUT2D eigenvalue weighted by atomic mass is 79.9. The average Bonchev–Trinajstić information content (AvgIpc) is 2.38. The van der Waals surface area contributed by atoms with Crippen molar-refractivity contribution >= 4 is 39.5 Å². The summed E-state index contributed by atoms with van der Waals surface area (Å²) >= 11 is 6.68. The van der Waals surface area contributed by atoms with Gasteiger partial charge in [-0.1, -0.05) is 39.8 Å². The molecule has 0 spiro atoms. The highest BCUT2D eigenvalue weighted by Crippen LogP contribution is 2.35. The molecule has 4 heteroatoms. The molecule has 0 fully saturated rings. The van der Waals surface area contributed by atoms with Crippen LogP contribution < -0.4 is 0 Å². The van der Waals surface area contributed by atoms with Gasteiger partial charge in [-0.25, -0.2) is 0 Å². The van der Waals surface area contributed by atoms with E-state index in [4.69, 9.17) is 0 Å². The summed E-state index contributed by atoms with van der Waals surface area (Å²) in [6, 6.07) is 16.3. The van der Waals surface area contributed by atoms with Crippen LogP contribution in [0.25, 0.3) is 0 Å². The van der Waals surface area contributed by atoms with Gasteiger partial charge >= 0.3 is 0 Å². The molecule has 0 aliphatic rings. The number of nitrogens with zero attached hydrogens (tertiary/aromatic N) is 1. The monoisotopic (exact) mass is 335 g/mol. The van der Waals surface area contributed by atoms with Crippen LogP contribution in [-0.4, -0.2) is 6.26 Å². The lowest BCUT2D eigenvalue weighted by Crippen LogP contribution is -1.85. The number of rotatable bonds is 3. The zero-order chi connectivity index (χ0) is 13.0. The van der Waals surface area contributed by atoms with E-state index in [1.165, 1.54) is 0 Å². The molecule has 0 radical (unpaired) electrons. The maximum Gasteiger partial charge on any atom is 0.101 e. The quantitative estimate of drug-likeness (QED) is 0.721. The molecular weight excluding hydrogens is 326 g/mol. The van der Waals surface area contributed by atoms with E-state index in [1.54, 1.807) is 23.5 Å². The Morgan fingerprint density at radius 2 is 1.83 bits per heavy atom. The topological polar surface area (TPSA) is 23.8 Å². The molecule has 0 saturated heterocycles. The first-order valence-electron chi connectivity index (χ1n) is 5.25. The van der Waals surface area contributed by atoms with E-state index in [-0.39, 0.29) is 0 Å².